The number of rotatable bonds is 26. The predicted molar refractivity (Wildman–Crippen MR) is 144 cm³/mol. The molecule has 0 saturated carbocycles. The van der Waals surface area contributed by atoms with Gasteiger partial charge in [-0.1, -0.05) is 156 Å². The van der Waals surface area contributed by atoms with Crippen LogP contribution >= 0.6 is 0 Å². The lowest BCUT2D eigenvalue weighted by atomic mass is 10.0. The summed E-state index contributed by atoms with van der Waals surface area (Å²) in [6, 6.07) is 0. The first kappa shape index (κ1) is 31.5. The Kier molecular flexibility index (Phi) is 26.3. The van der Waals surface area contributed by atoms with Gasteiger partial charge in [-0.25, -0.2) is 0 Å². The summed E-state index contributed by atoms with van der Waals surface area (Å²) < 4.78 is 0. The number of hydrogen-bond donors (Lipinski definition) is 1. The number of nitrogens with one attached hydrogen (secondary N) is 1. The first-order valence-corrected chi connectivity index (χ1v) is 14.9. The molecule has 0 atom stereocenters. The number of carbonyl (C=O) groups is 1. The van der Waals surface area contributed by atoms with E-state index < -0.39 is 0 Å². The van der Waals surface area contributed by atoms with Crippen LogP contribution in [0.1, 0.15) is 175 Å². The van der Waals surface area contributed by atoms with E-state index in [0.717, 1.165) is 31.7 Å². The molecule has 0 aromatic rings. The minimum atomic E-state index is 0.273. The topological polar surface area (TPSA) is 29.1 Å². The van der Waals surface area contributed by atoms with Crippen LogP contribution in [0.25, 0.3) is 0 Å². The second kappa shape index (κ2) is 26.7. The van der Waals surface area contributed by atoms with Crippen LogP contribution in [0.15, 0.2) is 0 Å². The molecule has 0 aromatic heterocycles. The van der Waals surface area contributed by atoms with E-state index in [1.807, 2.05) is 0 Å². The molecule has 0 aliphatic carbocycles. The van der Waals surface area contributed by atoms with Crippen molar-refractivity contribution in [2.45, 2.75) is 175 Å². The van der Waals surface area contributed by atoms with E-state index >= 15 is 0 Å². The van der Waals surface area contributed by atoms with Gasteiger partial charge in [-0.15, -0.1) is 0 Å². The van der Waals surface area contributed by atoms with Crippen molar-refractivity contribution in [1.29, 1.82) is 0 Å². The molecule has 0 bridgehead atoms. The second-order valence-electron chi connectivity index (χ2n) is 10.7. The number of hydrogen-bond acceptors (Lipinski definition) is 1. The average Bonchev–Trinajstić information content (AvgIpc) is 2.77. The van der Waals surface area contributed by atoms with Crippen LogP contribution in [0.3, 0.4) is 0 Å². The summed E-state index contributed by atoms with van der Waals surface area (Å²) in [5.41, 5.74) is 0. The SMILES string of the molecule is CCCCCCCCCCCCNC(=O)CCCCCCCCCCCCCCC(C)C. The van der Waals surface area contributed by atoms with Crippen molar-refractivity contribution >= 4 is 5.91 Å². The molecule has 0 spiro atoms. The van der Waals surface area contributed by atoms with E-state index in [4.69, 9.17) is 0 Å². The Morgan fingerprint density at radius 3 is 1.34 bits per heavy atom. The van der Waals surface area contributed by atoms with Gasteiger partial charge in [-0.05, 0) is 18.8 Å². The third-order valence-electron chi connectivity index (χ3n) is 6.79. The zero-order valence-electron chi connectivity index (χ0n) is 22.7. The monoisotopic (exact) mass is 451 g/mol. The molecule has 0 aromatic carbocycles. The quantitative estimate of drug-likeness (QED) is 0.130. The Bertz CT molecular complexity index is 366. The molecule has 2 heteroatoms. The molecular weight excluding hydrogens is 390 g/mol. The molecular formula is C30H61NO. The summed E-state index contributed by atoms with van der Waals surface area (Å²) in [5, 5.41) is 3.12. The van der Waals surface area contributed by atoms with Crippen LogP contribution in [-0.4, -0.2) is 12.5 Å². The normalized spacial score (nSPS) is 11.4. The summed E-state index contributed by atoms with van der Waals surface area (Å²) in [4.78, 5) is 11.9. The lowest BCUT2D eigenvalue weighted by Crippen LogP contribution is -2.23. The van der Waals surface area contributed by atoms with Crippen molar-refractivity contribution in [3.63, 3.8) is 0 Å². The molecule has 192 valence electrons. The zero-order valence-corrected chi connectivity index (χ0v) is 22.7. The molecule has 32 heavy (non-hydrogen) atoms. The van der Waals surface area contributed by atoms with E-state index in [1.165, 1.54) is 135 Å². The van der Waals surface area contributed by atoms with Gasteiger partial charge in [-0.2, -0.15) is 0 Å². The molecule has 1 N–H and O–H groups in total. The van der Waals surface area contributed by atoms with Gasteiger partial charge in [0.05, 0.1) is 0 Å². The Labute approximate surface area is 203 Å². The molecule has 0 radical (unpaired) electrons. The third-order valence-corrected chi connectivity index (χ3v) is 6.79. The van der Waals surface area contributed by atoms with E-state index in [2.05, 4.69) is 26.1 Å². The fourth-order valence-electron chi connectivity index (χ4n) is 4.53. The van der Waals surface area contributed by atoms with Crippen molar-refractivity contribution < 1.29 is 4.79 Å². The van der Waals surface area contributed by atoms with Gasteiger partial charge < -0.3 is 5.32 Å². The van der Waals surface area contributed by atoms with Gasteiger partial charge in [0, 0.05) is 13.0 Å². The van der Waals surface area contributed by atoms with Crippen LogP contribution in [0.2, 0.25) is 0 Å². The van der Waals surface area contributed by atoms with E-state index in [9.17, 15) is 4.79 Å². The van der Waals surface area contributed by atoms with Crippen LogP contribution in [0, 0.1) is 5.92 Å². The minimum Gasteiger partial charge on any atom is -0.356 e. The Hall–Kier alpha value is -0.530. The maximum absolute atomic E-state index is 11.9. The summed E-state index contributed by atoms with van der Waals surface area (Å²) in [6.45, 7) is 7.81. The molecule has 0 unspecified atom stereocenters. The first-order chi connectivity index (χ1) is 15.7. The van der Waals surface area contributed by atoms with Crippen molar-refractivity contribution in [2.75, 3.05) is 6.54 Å². The maximum Gasteiger partial charge on any atom is 0.219 e. The highest BCUT2D eigenvalue weighted by atomic mass is 16.1. The number of amides is 1. The molecule has 0 aliphatic rings. The fraction of sp³-hybridized carbons (Fsp3) is 0.967. The second-order valence-corrected chi connectivity index (χ2v) is 10.7. The van der Waals surface area contributed by atoms with E-state index in [-0.39, 0.29) is 5.91 Å². The van der Waals surface area contributed by atoms with Crippen LogP contribution in [0.4, 0.5) is 0 Å². The summed E-state index contributed by atoms with van der Waals surface area (Å²) in [6.07, 6.45) is 32.0. The third kappa shape index (κ3) is 27.5. The summed E-state index contributed by atoms with van der Waals surface area (Å²) in [7, 11) is 0. The van der Waals surface area contributed by atoms with Crippen molar-refractivity contribution in [2.24, 2.45) is 5.92 Å². The average molecular weight is 452 g/mol. The number of unbranched alkanes of at least 4 members (excludes halogenated alkanes) is 20. The lowest BCUT2D eigenvalue weighted by molar-refractivity contribution is -0.121. The van der Waals surface area contributed by atoms with E-state index in [1.54, 1.807) is 0 Å². The highest BCUT2D eigenvalue weighted by molar-refractivity contribution is 5.75. The van der Waals surface area contributed by atoms with Crippen molar-refractivity contribution in [3.05, 3.63) is 0 Å². The Balaban J connectivity index is 3.15. The Morgan fingerprint density at radius 2 is 0.906 bits per heavy atom. The molecule has 0 saturated heterocycles. The standard InChI is InChI=1S/C30H61NO/c1-4-5-6-7-8-9-16-19-22-25-28-31-30(32)27-24-21-18-15-13-11-10-12-14-17-20-23-26-29(2)3/h29H,4-28H2,1-3H3,(H,31,32). The minimum absolute atomic E-state index is 0.273. The fourth-order valence-corrected chi connectivity index (χ4v) is 4.53. The van der Waals surface area contributed by atoms with Crippen LogP contribution in [-0.2, 0) is 4.79 Å². The summed E-state index contributed by atoms with van der Waals surface area (Å²) in [5.74, 6) is 1.15. The lowest BCUT2D eigenvalue weighted by Gasteiger charge is -2.06. The molecule has 1 amide bonds. The Morgan fingerprint density at radius 1 is 0.531 bits per heavy atom. The predicted octanol–water partition coefficient (Wildman–Crippen LogP) is 10.1. The zero-order chi connectivity index (χ0) is 23.5. The smallest absolute Gasteiger partial charge is 0.219 e. The van der Waals surface area contributed by atoms with Crippen LogP contribution in [0.5, 0.6) is 0 Å². The molecule has 0 aliphatic heterocycles. The van der Waals surface area contributed by atoms with Gasteiger partial charge in [-0.3, -0.25) is 4.79 Å². The van der Waals surface area contributed by atoms with Crippen LogP contribution < -0.4 is 5.32 Å². The van der Waals surface area contributed by atoms with Gasteiger partial charge >= 0.3 is 0 Å². The molecule has 0 heterocycles. The highest BCUT2D eigenvalue weighted by Gasteiger charge is 2.01. The van der Waals surface area contributed by atoms with Gasteiger partial charge in [0.2, 0.25) is 5.91 Å². The molecule has 0 fully saturated rings. The van der Waals surface area contributed by atoms with Crippen molar-refractivity contribution in [1.82, 2.24) is 5.32 Å². The maximum atomic E-state index is 11.9. The summed E-state index contributed by atoms with van der Waals surface area (Å²) >= 11 is 0. The van der Waals surface area contributed by atoms with Gasteiger partial charge in [0.1, 0.15) is 0 Å². The van der Waals surface area contributed by atoms with Gasteiger partial charge in [0.25, 0.3) is 0 Å². The van der Waals surface area contributed by atoms with Crippen molar-refractivity contribution in [3.8, 4) is 0 Å². The molecule has 2 nitrogen and oxygen atoms in total. The largest absolute Gasteiger partial charge is 0.356 e. The van der Waals surface area contributed by atoms with E-state index in [0.29, 0.717) is 0 Å². The van der Waals surface area contributed by atoms with Gasteiger partial charge in [0.15, 0.2) is 0 Å². The first-order valence-electron chi connectivity index (χ1n) is 14.9. The highest BCUT2D eigenvalue weighted by Crippen LogP contribution is 2.14. The number of carbonyl (C=O) groups excluding carboxylic acids is 1. The molecule has 0 rings (SSSR count).